The van der Waals surface area contributed by atoms with Crippen LogP contribution in [0.3, 0.4) is 0 Å². The highest BCUT2D eigenvalue weighted by Crippen LogP contribution is 2.27. The van der Waals surface area contributed by atoms with Crippen molar-refractivity contribution in [1.82, 2.24) is 5.32 Å². The SMILES string of the molecule is CC[C@@H](NCC(=O)Nc1c(C)cccc1[N+](=O)[O-])c1ccc(Br)cc1. The Balaban J connectivity index is 2.03. The summed E-state index contributed by atoms with van der Waals surface area (Å²) in [6, 6.07) is 12.6. The molecule has 0 radical (unpaired) electrons. The number of benzene rings is 2. The first-order valence-corrected chi connectivity index (χ1v) is 8.74. The Morgan fingerprint density at radius 1 is 1.24 bits per heavy atom. The second-order valence-corrected chi connectivity index (χ2v) is 6.58. The zero-order chi connectivity index (χ0) is 18.4. The number of carbonyl (C=O) groups excluding carboxylic acids is 1. The summed E-state index contributed by atoms with van der Waals surface area (Å²) in [5.74, 6) is -0.312. The molecule has 7 heteroatoms. The maximum atomic E-state index is 12.2. The molecule has 0 unspecified atom stereocenters. The van der Waals surface area contributed by atoms with Crippen LogP contribution in [0.2, 0.25) is 0 Å². The van der Waals surface area contributed by atoms with Crippen LogP contribution >= 0.6 is 15.9 Å². The van der Waals surface area contributed by atoms with Crippen LogP contribution in [0.1, 0.15) is 30.5 Å². The molecular weight excluding hydrogens is 386 g/mol. The van der Waals surface area contributed by atoms with Gasteiger partial charge in [0.05, 0.1) is 11.5 Å². The third kappa shape index (κ3) is 5.11. The number of nitro groups is 1. The molecule has 1 amide bonds. The first-order valence-electron chi connectivity index (χ1n) is 7.95. The van der Waals surface area contributed by atoms with Crippen LogP contribution in [0.5, 0.6) is 0 Å². The topological polar surface area (TPSA) is 84.3 Å². The Hall–Kier alpha value is -2.25. The highest BCUT2D eigenvalue weighted by atomic mass is 79.9. The standard InChI is InChI=1S/C18H20BrN3O3/c1-3-15(13-7-9-14(19)10-8-13)20-11-17(23)21-18-12(2)5-4-6-16(18)22(24)25/h4-10,15,20H,3,11H2,1-2H3,(H,21,23)/t15-/m1/s1. The van der Waals surface area contributed by atoms with Crippen LogP contribution in [-0.4, -0.2) is 17.4 Å². The lowest BCUT2D eigenvalue weighted by Gasteiger charge is -2.17. The van der Waals surface area contributed by atoms with Gasteiger partial charge in [-0.25, -0.2) is 0 Å². The van der Waals surface area contributed by atoms with Gasteiger partial charge in [-0.15, -0.1) is 0 Å². The molecule has 0 aliphatic carbocycles. The lowest BCUT2D eigenvalue weighted by atomic mass is 10.0. The number of para-hydroxylation sites is 1. The average Bonchev–Trinajstić information content (AvgIpc) is 2.58. The number of aryl methyl sites for hydroxylation is 1. The van der Waals surface area contributed by atoms with E-state index in [1.165, 1.54) is 6.07 Å². The van der Waals surface area contributed by atoms with Gasteiger partial charge in [0, 0.05) is 16.6 Å². The van der Waals surface area contributed by atoms with E-state index >= 15 is 0 Å². The highest BCUT2D eigenvalue weighted by Gasteiger charge is 2.18. The van der Waals surface area contributed by atoms with E-state index in [4.69, 9.17) is 0 Å². The minimum absolute atomic E-state index is 0.0331. The fourth-order valence-corrected chi connectivity index (χ4v) is 2.82. The minimum Gasteiger partial charge on any atom is -0.319 e. The van der Waals surface area contributed by atoms with Crippen LogP contribution in [0.25, 0.3) is 0 Å². The lowest BCUT2D eigenvalue weighted by molar-refractivity contribution is -0.384. The van der Waals surface area contributed by atoms with E-state index in [2.05, 4.69) is 26.6 Å². The molecule has 6 nitrogen and oxygen atoms in total. The molecule has 0 saturated heterocycles. The van der Waals surface area contributed by atoms with E-state index in [0.29, 0.717) is 5.56 Å². The fourth-order valence-electron chi connectivity index (χ4n) is 2.56. The van der Waals surface area contributed by atoms with Crippen molar-refractivity contribution in [3.63, 3.8) is 0 Å². The molecule has 25 heavy (non-hydrogen) atoms. The van der Waals surface area contributed by atoms with Crippen molar-refractivity contribution >= 4 is 33.2 Å². The van der Waals surface area contributed by atoms with Crippen LogP contribution in [0.4, 0.5) is 11.4 Å². The van der Waals surface area contributed by atoms with Gasteiger partial charge in [0.15, 0.2) is 0 Å². The van der Waals surface area contributed by atoms with Crippen molar-refractivity contribution in [2.45, 2.75) is 26.3 Å². The molecule has 0 bridgehead atoms. The van der Waals surface area contributed by atoms with Crippen molar-refractivity contribution in [1.29, 1.82) is 0 Å². The molecular formula is C18H20BrN3O3. The maximum Gasteiger partial charge on any atom is 0.293 e. The van der Waals surface area contributed by atoms with Gasteiger partial charge in [-0.2, -0.15) is 0 Å². The molecule has 0 fully saturated rings. The lowest BCUT2D eigenvalue weighted by Crippen LogP contribution is -2.31. The van der Waals surface area contributed by atoms with E-state index < -0.39 is 4.92 Å². The molecule has 0 saturated carbocycles. The third-order valence-corrected chi connectivity index (χ3v) is 4.43. The number of nitrogens with zero attached hydrogens (tertiary/aromatic N) is 1. The van der Waals surface area contributed by atoms with Crippen molar-refractivity contribution < 1.29 is 9.72 Å². The van der Waals surface area contributed by atoms with Crippen molar-refractivity contribution in [2.75, 3.05) is 11.9 Å². The van der Waals surface area contributed by atoms with Crippen molar-refractivity contribution in [3.05, 3.63) is 68.2 Å². The quantitative estimate of drug-likeness (QED) is 0.529. The van der Waals surface area contributed by atoms with E-state index in [9.17, 15) is 14.9 Å². The number of anilines is 1. The van der Waals surface area contributed by atoms with E-state index in [-0.39, 0.29) is 29.9 Å². The number of halogens is 1. The minimum atomic E-state index is -0.493. The van der Waals surface area contributed by atoms with Crippen LogP contribution in [0, 0.1) is 17.0 Å². The van der Waals surface area contributed by atoms with Gasteiger partial charge in [-0.05, 0) is 36.6 Å². The van der Waals surface area contributed by atoms with E-state index in [1.807, 2.05) is 31.2 Å². The van der Waals surface area contributed by atoms with Gasteiger partial charge >= 0.3 is 0 Å². The summed E-state index contributed by atoms with van der Waals surface area (Å²) >= 11 is 3.40. The van der Waals surface area contributed by atoms with Crippen LogP contribution in [0.15, 0.2) is 46.9 Å². The number of rotatable bonds is 7. The van der Waals surface area contributed by atoms with Gasteiger partial charge in [0.25, 0.3) is 5.69 Å². The highest BCUT2D eigenvalue weighted by molar-refractivity contribution is 9.10. The monoisotopic (exact) mass is 405 g/mol. The molecule has 2 aromatic rings. The number of hydrogen-bond donors (Lipinski definition) is 2. The summed E-state index contributed by atoms with van der Waals surface area (Å²) in [5, 5.41) is 17.0. The Labute approximate surface area is 154 Å². The van der Waals surface area contributed by atoms with E-state index in [1.54, 1.807) is 19.1 Å². The normalized spacial score (nSPS) is 11.8. The number of amides is 1. The number of hydrogen-bond acceptors (Lipinski definition) is 4. The molecule has 132 valence electrons. The first kappa shape index (κ1) is 19.1. The molecule has 0 aromatic heterocycles. The Bertz CT molecular complexity index is 763. The van der Waals surface area contributed by atoms with Crippen molar-refractivity contribution in [3.8, 4) is 0 Å². The van der Waals surface area contributed by atoms with Gasteiger partial charge < -0.3 is 10.6 Å². The Morgan fingerprint density at radius 3 is 2.52 bits per heavy atom. The largest absolute Gasteiger partial charge is 0.319 e. The molecule has 0 spiro atoms. The van der Waals surface area contributed by atoms with Gasteiger partial charge in [-0.3, -0.25) is 14.9 Å². The molecule has 2 aromatic carbocycles. The number of carbonyl (C=O) groups is 1. The second kappa shape index (κ2) is 8.73. The summed E-state index contributed by atoms with van der Waals surface area (Å²) < 4.78 is 0.996. The first-order chi connectivity index (χ1) is 11.9. The van der Waals surface area contributed by atoms with E-state index in [0.717, 1.165) is 16.5 Å². The average molecular weight is 406 g/mol. The predicted octanol–water partition coefficient (Wildman–Crippen LogP) is 4.35. The Morgan fingerprint density at radius 2 is 1.92 bits per heavy atom. The van der Waals surface area contributed by atoms with Gasteiger partial charge in [0.2, 0.25) is 5.91 Å². The molecule has 0 aliphatic heterocycles. The second-order valence-electron chi connectivity index (χ2n) is 5.67. The molecule has 0 heterocycles. The van der Waals surface area contributed by atoms with Crippen LogP contribution < -0.4 is 10.6 Å². The van der Waals surface area contributed by atoms with Crippen molar-refractivity contribution in [2.24, 2.45) is 0 Å². The zero-order valence-electron chi connectivity index (χ0n) is 14.1. The van der Waals surface area contributed by atoms with Gasteiger partial charge in [-0.1, -0.05) is 47.1 Å². The van der Waals surface area contributed by atoms with Crippen LogP contribution in [-0.2, 0) is 4.79 Å². The summed E-state index contributed by atoms with van der Waals surface area (Å²) in [4.78, 5) is 22.9. The summed E-state index contributed by atoms with van der Waals surface area (Å²) in [6.45, 7) is 3.83. The summed E-state index contributed by atoms with van der Waals surface area (Å²) in [7, 11) is 0. The molecule has 2 N–H and O–H groups in total. The summed E-state index contributed by atoms with van der Waals surface area (Å²) in [6.07, 6.45) is 0.819. The molecule has 1 atom stereocenters. The number of nitro benzene ring substituents is 1. The fraction of sp³-hybridized carbons (Fsp3) is 0.278. The smallest absolute Gasteiger partial charge is 0.293 e. The third-order valence-electron chi connectivity index (χ3n) is 3.90. The number of nitrogens with one attached hydrogen (secondary N) is 2. The zero-order valence-corrected chi connectivity index (χ0v) is 15.7. The maximum absolute atomic E-state index is 12.2. The molecule has 2 rings (SSSR count). The predicted molar refractivity (Wildman–Crippen MR) is 102 cm³/mol. The Kier molecular flexibility index (Phi) is 6.66. The summed E-state index contributed by atoms with van der Waals surface area (Å²) in [5.41, 5.74) is 1.88. The van der Waals surface area contributed by atoms with Gasteiger partial charge in [0.1, 0.15) is 5.69 Å². The molecule has 0 aliphatic rings.